The molecule has 3 saturated carbocycles. The van der Waals surface area contributed by atoms with Gasteiger partial charge < -0.3 is 25.0 Å². The molecule has 6 nitrogen and oxygen atoms in total. The average Bonchev–Trinajstić information content (AvgIpc) is 3.41. The van der Waals surface area contributed by atoms with E-state index in [1.54, 1.807) is 7.11 Å². The number of aliphatic carboxylic acids is 1. The van der Waals surface area contributed by atoms with E-state index in [2.05, 4.69) is 51.0 Å². The van der Waals surface area contributed by atoms with E-state index < -0.39 is 11.4 Å². The van der Waals surface area contributed by atoms with Crippen LogP contribution in [0.15, 0.2) is 42.1 Å². The Morgan fingerprint density at radius 2 is 1.70 bits per heavy atom. The summed E-state index contributed by atoms with van der Waals surface area (Å²) in [5, 5.41) is 33.5. The van der Waals surface area contributed by atoms with Crippen molar-refractivity contribution < 1.29 is 24.9 Å². The predicted octanol–water partition coefficient (Wildman–Crippen LogP) is 8.72. The second kappa shape index (κ2) is 9.08. The number of rotatable bonds is 3. The molecule has 0 amide bonds. The van der Waals surface area contributed by atoms with Crippen LogP contribution in [0.4, 0.5) is 0 Å². The number of aromatic hydroxyl groups is 2. The van der Waals surface area contributed by atoms with E-state index in [1.165, 1.54) is 5.57 Å². The molecule has 4 N–H and O–H groups in total. The Kier molecular flexibility index (Phi) is 6.05. The summed E-state index contributed by atoms with van der Waals surface area (Å²) in [6, 6.07) is 7.95. The molecule has 6 heteroatoms. The molecule has 0 saturated heterocycles. The van der Waals surface area contributed by atoms with Crippen LogP contribution in [0.5, 0.6) is 17.2 Å². The number of aromatic amines is 1. The smallest absolute Gasteiger partial charge is 0.309 e. The molecule has 4 aliphatic carbocycles. The van der Waals surface area contributed by atoms with Crippen molar-refractivity contribution in [1.29, 1.82) is 0 Å². The Hall–Kier alpha value is -3.41. The van der Waals surface area contributed by atoms with Crippen molar-refractivity contribution in [1.82, 2.24) is 4.98 Å². The molecule has 4 aliphatic rings. The lowest BCUT2D eigenvalue weighted by Crippen LogP contribution is -2.62. The van der Waals surface area contributed by atoms with Crippen molar-refractivity contribution in [3.05, 3.63) is 64.4 Å². The highest BCUT2D eigenvalue weighted by Crippen LogP contribution is 2.75. The zero-order chi connectivity index (χ0) is 31.6. The van der Waals surface area contributed by atoms with E-state index in [-0.39, 0.29) is 39.1 Å². The molecule has 2 aromatic carbocycles. The number of aromatic nitrogens is 1. The normalized spacial score (nSPS) is 37.8. The summed E-state index contributed by atoms with van der Waals surface area (Å²) in [5.74, 6) is 0.190. The average molecular weight is 598 g/mol. The number of fused-ring (bicyclic) bond motifs is 8. The van der Waals surface area contributed by atoms with Gasteiger partial charge in [0.2, 0.25) is 0 Å². The van der Waals surface area contributed by atoms with Gasteiger partial charge in [0.15, 0.2) is 11.5 Å². The molecule has 0 aliphatic heterocycles. The maximum Gasteiger partial charge on any atom is 0.309 e. The molecule has 1 heterocycles. The number of benzene rings is 2. The molecule has 44 heavy (non-hydrogen) atoms. The van der Waals surface area contributed by atoms with Gasteiger partial charge in [-0.05, 0) is 121 Å². The molecule has 1 aromatic heterocycles. The van der Waals surface area contributed by atoms with Crippen LogP contribution in [-0.2, 0) is 10.2 Å². The highest BCUT2D eigenvalue weighted by molar-refractivity contribution is 5.86. The van der Waals surface area contributed by atoms with Crippen molar-refractivity contribution in [3.63, 3.8) is 0 Å². The highest BCUT2D eigenvalue weighted by atomic mass is 16.5. The molecule has 3 fully saturated rings. The number of methoxy groups -OCH3 is 1. The zero-order valence-electron chi connectivity index (χ0n) is 27.2. The molecular formula is C38H47NO5. The lowest BCUT2D eigenvalue weighted by Gasteiger charge is -2.70. The SMILES string of the molecule is COc1ccc2c([C@@H]3C=C4[C@@](C)(CC[C@@]5(C)[C@@H]6C[C@](C)(C(=O)O)CC[C@]6(C)CC[C@]45C)c4cc(O)c(O)c(C)c43)c[nH]c2c1. The molecule has 0 bridgehead atoms. The Morgan fingerprint density at radius 3 is 2.41 bits per heavy atom. The summed E-state index contributed by atoms with van der Waals surface area (Å²) in [6.07, 6.45) is 11.0. The van der Waals surface area contributed by atoms with Crippen LogP contribution < -0.4 is 4.74 Å². The van der Waals surface area contributed by atoms with Gasteiger partial charge in [0.25, 0.3) is 0 Å². The fourth-order valence-corrected chi connectivity index (χ4v) is 10.7. The molecule has 7 atom stereocenters. The van der Waals surface area contributed by atoms with Gasteiger partial charge in [0.1, 0.15) is 5.75 Å². The minimum Gasteiger partial charge on any atom is -0.504 e. The molecule has 0 spiro atoms. The summed E-state index contributed by atoms with van der Waals surface area (Å²) in [5.41, 5.74) is 5.32. The quantitative estimate of drug-likeness (QED) is 0.179. The number of allylic oxidation sites excluding steroid dienone is 2. The summed E-state index contributed by atoms with van der Waals surface area (Å²) in [7, 11) is 1.67. The van der Waals surface area contributed by atoms with Crippen LogP contribution >= 0.6 is 0 Å². The molecular weight excluding hydrogens is 550 g/mol. The summed E-state index contributed by atoms with van der Waals surface area (Å²) in [4.78, 5) is 16.0. The van der Waals surface area contributed by atoms with Gasteiger partial charge in [-0.25, -0.2) is 0 Å². The number of hydrogen-bond donors (Lipinski definition) is 4. The number of phenolic OH excluding ortho intramolecular Hbond substituents is 2. The number of carbonyl (C=O) groups is 1. The topological polar surface area (TPSA) is 103 Å². The van der Waals surface area contributed by atoms with Crippen LogP contribution in [0, 0.1) is 34.5 Å². The van der Waals surface area contributed by atoms with Crippen molar-refractivity contribution in [3.8, 4) is 17.2 Å². The first kappa shape index (κ1) is 29.3. The van der Waals surface area contributed by atoms with E-state index in [0.717, 1.165) is 77.4 Å². The monoisotopic (exact) mass is 597 g/mol. The van der Waals surface area contributed by atoms with Gasteiger partial charge in [-0.1, -0.05) is 39.3 Å². The maximum atomic E-state index is 12.6. The lowest BCUT2D eigenvalue weighted by atomic mass is 9.34. The molecule has 234 valence electrons. The van der Waals surface area contributed by atoms with E-state index in [9.17, 15) is 20.1 Å². The van der Waals surface area contributed by atoms with Crippen molar-refractivity contribution in [2.24, 2.45) is 27.6 Å². The number of phenols is 2. The lowest BCUT2D eigenvalue weighted by molar-refractivity contribution is -0.177. The van der Waals surface area contributed by atoms with Crippen molar-refractivity contribution in [2.75, 3.05) is 7.11 Å². The largest absolute Gasteiger partial charge is 0.504 e. The van der Waals surface area contributed by atoms with Crippen LogP contribution in [0.3, 0.4) is 0 Å². The molecule has 3 aromatic rings. The third-order valence-electron chi connectivity index (χ3n) is 13.9. The first-order valence-corrected chi connectivity index (χ1v) is 16.3. The molecule has 0 radical (unpaired) electrons. The summed E-state index contributed by atoms with van der Waals surface area (Å²) < 4.78 is 5.50. The van der Waals surface area contributed by atoms with Crippen molar-refractivity contribution in [2.45, 2.75) is 97.8 Å². The van der Waals surface area contributed by atoms with Gasteiger partial charge in [-0.3, -0.25) is 4.79 Å². The van der Waals surface area contributed by atoms with E-state index in [0.29, 0.717) is 12.3 Å². The van der Waals surface area contributed by atoms with E-state index in [4.69, 9.17) is 4.74 Å². The Balaban J connectivity index is 1.46. The van der Waals surface area contributed by atoms with Gasteiger partial charge in [-0.15, -0.1) is 0 Å². The molecule has 0 unspecified atom stereocenters. The Labute approximate surface area is 260 Å². The number of nitrogens with one attached hydrogen (secondary N) is 1. The number of carboxylic acid groups (broad SMARTS) is 1. The van der Waals surface area contributed by atoms with Gasteiger partial charge >= 0.3 is 5.97 Å². The third-order valence-corrected chi connectivity index (χ3v) is 13.9. The predicted molar refractivity (Wildman–Crippen MR) is 173 cm³/mol. The van der Waals surface area contributed by atoms with Gasteiger partial charge in [0.05, 0.1) is 12.5 Å². The maximum absolute atomic E-state index is 12.6. The van der Waals surface area contributed by atoms with Crippen molar-refractivity contribution >= 4 is 16.9 Å². The first-order chi connectivity index (χ1) is 20.6. The van der Waals surface area contributed by atoms with E-state index >= 15 is 0 Å². The number of H-pyrrole nitrogens is 1. The van der Waals surface area contributed by atoms with Gasteiger partial charge in [-0.2, -0.15) is 0 Å². The minimum absolute atomic E-state index is 0.0498. The summed E-state index contributed by atoms with van der Waals surface area (Å²) >= 11 is 0. The Bertz CT molecular complexity index is 1750. The fourth-order valence-electron chi connectivity index (χ4n) is 10.7. The van der Waals surface area contributed by atoms with E-state index in [1.807, 2.05) is 32.0 Å². The van der Waals surface area contributed by atoms with Crippen LogP contribution in [0.1, 0.15) is 108 Å². The second-order valence-electron chi connectivity index (χ2n) is 15.9. The highest BCUT2D eigenvalue weighted by Gasteiger charge is 2.67. The number of carboxylic acids is 1. The van der Waals surface area contributed by atoms with Crippen LogP contribution in [0.2, 0.25) is 0 Å². The number of hydrogen-bond acceptors (Lipinski definition) is 4. The van der Waals surface area contributed by atoms with Crippen LogP contribution in [-0.4, -0.2) is 33.4 Å². The fraction of sp³-hybridized carbons (Fsp3) is 0.553. The molecule has 7 rings (SSSR count). The second-order valence-corrected chi connectivity index (χ2v) is 15.9. The number of ether oxygens (including phenoxy) is 1. The zero-order valence-corrected chi connectivity index (χ0v) is 27.2. The minimum atomic E-state index is -0.701. The first-order valence-electron chi connectivity index (χ1n) is 16.3. The third kappa shape index (κ3) is 3.57. The van der Waals surface area contributed by atoms with Crippen LogP contribution in [0.25, 0.3) is 10.9 Å². The Morgan fingerprint density at radius 1 is 0.977 bits per heavy atom. The standard InChI is InChI=1S/C38H47NO5/c1-21-31-24(25-20-39-27-16-22(44-7)8-9-23(25)27)17-29-36(4,26(31)18-28(40)32(21)41)13-15-38(6)30-19-35(3,33(42)43)11-10-34(30,2)12-14-37(29,38)5/h8-9,16-18,20,24,30,39-41H,10-15,19H2,1-7H3,(H,42,43)/t24-,30+,34+,35+,36-,37+,38-/m0/s1. The summed E-state index contributed by atoms with van der Waals surface area (Å²) in [6.45, 7) is 13.6. The van der Waals surface area contributed by atoms with Gasteiger partial charge in [0, 0.05) is 34.5 Å².